The van der Waals surface area contributed by atoms with E-state index in [9.17, 15) is 4.79 Å². The standard InChI is InChI=1S/C24H32ClN5O3/c1-15-4-5-17(25)12-20(15)29-23-16(2)22(26-14-27-23)24(31)30-9-6-18(7-10-30)28-19-8-11-33-13-21(19)32-3/h4-5,12,14,18-19,21,28H,6-11,13H2,1-3H3,(H,26,27,29). The number of piperidine rings is 1. The number of likely N-dealkylation sites (tertiary alicyclic amines) is 1. The Morgan fingerprint density at radius 2 is 2.00 bits per heavy atom. The topological polar surface area (TPSA) is 88.6 Å². The van der Waals surface area contributed by atoms with Crippen LogP contribution in [0, 0.1) is 13.8 Å². The van der Waals surface area contributed by atoms with E-state index in [2.05, 4.69) is 20.6 Å². The molecular weight excluding hydrogens is 442 g/mol. The molecule has 2 N–H and O–H groups in total. The van der Waals surface area contributed by atoms with E-state index in [1.165, 1.54) is 6.33 Å². The molecule has 8 nitrogen and oxygen atoms in total. The van der Waals surface area contributed by atoms with Gasteiger partial charge in [-0.05, 0) is 50.8 Å². The molecule has 0 aliphatic carbocycles. The molecule has 1 aromatic carbocycles. The van der Waals surface area contributed by atoms with Crippen molar-refractivity contribution < 1.29 is 14.3 Å². The first-order chi connectivity index (χ1) is 16.0. The van der Waals surface area contributed by atoms with Crippen molar-refractivity contribution in [3.05, 3.63) is 46.4 Å². The van der Waals surface area contributed by atoms with Crippen LogP contribution in [0.2, 0.25) is 5.02 Å². The van der Waals surface area contributed by atoms with Gasteiger partial charge in [-0.15, -0.1) is 0 Å². The maximum absolute atomic E-state index is 13.3. The average Bonchev–Trinajstić information content (AvgIpc) is 2.83. The van der Waals surface area contributed by atoms with Crippen LogP contribution in [0.25, 0.3) is 0 Å². The van der Waals surface area contributed by atoms with Crippen LogP contribution in [0.1, 0.15) is 40.9 Å². The molecular formula is C24H32ClN5O3. The Labute approximate surface area is 200 Å². The second-order valence-corrected chi connectivity index (χ2v) is 9.19. The van der Waals surface area contributed by atoms with Gasteiger partial charge in [0.05, 0.1) is 12.7 Å². The number of carbonyl (C=O) groups excluding carboxylic acids is 1. The molecule has 9 heteroatoms. The molecule has 2 aliphatic rings. The van der Waals surface area contributed by atoms with Gasteiger partial charge in [-0.2, -0.15) is 0 Å². The Morgan fingerprint density at radius 1 is 1.21 bits per heavy atom. The highest BCUT2D eigenvalue weighted by molar-refractivity contribution is 6.30. The minimum Gasteiger partial charge on any atom is -0.379 e. The molecule has 0 bridgehead atoms. The van der Waals surface area contributed by atoms with E-state index >= 15 is 0 Å². The Hall–Kier alpha value is -2.26. The van der Waals surface area contributed by atoms with Crippen molar-refractivity contribution in [1.29, 1.82) is 0 Å². The summed E-state index contributed by atoms with van der Waals surface area (Å²) in [7, 11) is 1.73. The third-order valence-electron chi connectivity index (χ3n) is 6.58. The van der Waals surface area contributed by atoms with Crippen LogP contribution < -0.4 is 10.6 Å². The minimum atomic E-state index is -0.0555. The predicted molar refractivity (Wildman–Crippen MR) is 128 cm³/mol. The van der Waals surface area contributed by atoms with Crippen LogP contribution in [0.4, 0.5) is 11.5 Å². The number of nitrogens with one attached hydrogen (secondary N) is 2. The van der Waals surface area contributed by atoms with Gasteiger partial charge in [0.15, 0.2) is 0 Å². The highest BCUT2D eigenvalue weighted by Crippen LogP contribution is 2.26. The zero-order chi connectivity index (χ0) is 23.4. The average molecular weight is 474 g/mol. The molecule has 2 unspecified atom stereocenters. The number of aromatic nitrogens is 2. The van der Waals surface area contributed by atoms with Gasteiger partial charge in [-0.25, -0.2) is 9.97 Å². The molecule has 1 aromatic heterocycles. The number of anilines is 2. The van der Waals surface area contributed by atoms with Gasteiger partial charge in [-0.1, -0.05) is 17.7 Å². The number of halogens is 1. The molecule has 2 fully saturated rings. The third kappa shape index (κ3) is 5.63. The van der Waals surface area contributed by atoms with Crippen LogP contribution >= 0.6 is 11.6 Å². The number of benzene rings is 1. The lowest BCUT2D eigenvalue weighted by atomic mass is 9.99. The van der Waals surface area contributed by atoms with E-state index < -0.39 is 0 Å². The summed E-state index contributed by atoms with van der Waals surface area (Å²) in [5, 5.41) is 7.67. The van der Waals surface area contributed by atoms with Crippen molar-refractivity contribution in [2.45, 2.75) is 51.3 Å². The number of methoxy groups -OCH3 is 1. The fourth-order valence-corrected chi connectivity index (χ4v) is 4.66. The van der Waals surface area contributed by atoms with E-state index in [0.29, 0.717) is 48.3 Å². The molecule has 0 saturated carbocycles. The van der Waals surface area contributed by atoms with Crippen LogP contribution in [-0.4, -0.2) is 72.4 Å². The third-order valence-corrected chi connectivity index (χ3v) is 6.81. The number of rotatable bonds is 6. The fraction of sp³-hybridized carbons (Fsp3) is 0.542. The lowest BCUT2D eigenvalue weighted by Gasteiger charge is -2.38. The predicted octanol–water partition coefficient (Wildman–Crippen LogP) is 3.49. The molecule has 0 radical (unpaired) electrons. The molecule has 2 atom stereocenters. The maximum Gasteiger partial charge on any atom is 0.272 e. The van der Waals surface area contributed by atoms with Gasteiger partial charge in [0.25, 0.3) is 5.91 Å². The molecule has 3 heterocycles. The van der Waals surface area contributed by atoms with Crippen molar-refractivity contribution in [3.63, 3.8) is 0 Å². The van der Waals surface area contributed by atoms with Gasteiger partial charge in [-0.3, -0.25) is 4.79 Å². The molecule has 33 heavy (non-hydrogen) atoms. The van der Waals surface area contributed by atoms with Crippen molar-refractivity contribution in [3.8, 4) is 0 Å². The number of hydrogen-bond acceptors (Lipinski definition) is 7. The summed E-state index contributed by atoms with van der Waals surface area (Å²) in [6.07, 6.45) is 4.26. The highest BCUT2D eigenvalue weighted by atomic mass is 35.5. The van der Waals surface area contributed by atoms with E-state index in [0.717, 1.165) is 42.7 Å². The van der Waals surface area contributed by atoms with Gasteiger partial charge in [0, 0.05) is 55.2 Å². The first-order valence-corrected chi connectivity index (χ1v) is 11.8. The summed E-state index contributed by atoms with van der Waals surface area (Å²) in [6.45, 7) is 6.64. The normalized spacial score (nSPS) is 21.8. The molecule has 0 spiro atoms. The summed E-state index contributed by atoms with van der Waals surface area (Å²) < 4.78 is 11.1. The van der Waals surface area contributed by atoms with Crippen molar-refractivity contribution in [2.24, 2.45) is 0 Å². The van der Waals surface area contributed by atoms with Crippen LogP contribution in [0.15, 0.2) is 24.5 Å². The number of carbonyl (C=O) groups is 1. The number of hydrogen-bond donors (Lipinski definition) is 2. The second kappa shape index (κ2) is 10.8. The van der Waals surface area contributed by atoms with Crippen molar-refractivity contribution >= 4 is 29.0 Å². The highest BCUT2D eigenvalue weighted by Gasteiger charge is 2.31. The van der Waals surface area contributed by atoms with E-state index in [1.807, 2.05) is 36.9 Å². The zero-order valence-corrected chi connectivity index (χ0v) is 20.2. The molecule has 2 aliphatic heterocycles. The lowest BCUT2D eigenvalue weighted by Crippen LogP contribution is -2.54. The second-order valence-electron chi connectivity index (χ2n) is 8.76. The van der Waals surface area contributed by atoms with Gasteiger partial charge >= 0.3 is 0 Å². The smallest absolute Gasteiger partial charge is 0.272 e. The Balaban J connectivity index is 1.39. The van der Waals surface area contributed by atoms with Crippen LogP contribution in [0.5, 0.6) is 0 Å². The van der Waals surface area contributed by atoms with Gasteiger partial charge in [0.1, 0.15) is 17.8 Å². The largest absolute Gasteiger partial charge is 0.379 e. The molecule has 4 rings (SSSR count). The van der Waals surface area contributed by atoms with Gasteiger partial charge < -0.3 is 25.0 Å². The molecule has 178 valence electrons. The summed E-state index contributed by atoms with van der Waals surface area (Å²) in [6, 6.07) is 6.30. The van der Waals surface area contributed by atoms with Crippen molar-refractivity contribution in [2.75, 3.05) is 38.7 Å². The summed E-state index contributed by atoms with van der Waals surface area (Å²) in [5.74, 6) is 0.556. The summed E-state index contributed by atoms with van der Waals surface area (Å²) in [4.78, 5) is 23.8. The lowest BCUT2D eigenvalue weighted by molar-refractivity contribution is -0.0533. The van der Waals surface area contributed by atoms with E-state index in [1.54, 1.807) is 7.11 Å². The SMILES string of the molecule is COC1COCCC1NC1CCN(C(=O)c2ncnc(Nc3cc(Cl)ccc3C)c2C)CC1. The first-order valence-electron chi connectivity index (χ1n) is 11.5. The molecule has 1 amide bonds. The Bertz CT molecular complexity index is 981. The van der Waals surface area contributed by atoms with Crippen LogP contribution in [0.3, 0.4) is 0 Å². The van der Waals surface area contributed by atoms with Crippen LogP contribution in [-0.2, 0) is 9.47 Å². The molecule has 2 saturated heterocycles. The van der Waals surface area contributed by atoms with Gasteiger partial charge in [0.2, 0.25) is 0 Å². The van der Waals surface area contributed by atoms with E-state index in [-0.39, 0.29) is 12.0 Å². The quantitative estimate of drug-likeness (QED) is 0.663. The zero-order valence-electron chi connectivity index (χ0n) is 19.4. The van der Waals surface area contributed by atoms with E-state index in [4.69, 9.17) is 21.1 Å². The number of nitrogens with zero attached hydrogens (tertiary/aromatic N) is 3. The monoisotopic (exact) mass is 473 g/mol. The minimum absolute atomic E-state index is 0.0555. The Morgan fingerprint density at radius 3 is 2.76 bits per heavy atom. The number of aryl methyl sites for hydroxylation is 1. The number of ether oxygens (including phenoxy) is 2. The fourth-order valence-electron chi connectivity index (χ4n) is 4.48. The summed E-state index contributed by atoms with van der Waals surface area (Å²) in [5.41, 5.74) is 3.06. The maximum atomic E-state index is 13.3. The Kier molecular flexibility index (Phi) is 7.80. The molecule has 2 aromatic rings. The first kappa shape index (κ1) is 23.9. The summed E-state index contributed by atoms with van der Waals surface area (Å²) >= 11 is 6.14. The van der Waals surface area contributed by atoms with Crippen molar-refractivity contribution in [1.82, 2.24) is 20.2 Å². The number of amides is 1.